The van der Waals surface area contributed by atoms with Crippen LogP contribution < -0.4 is 0 Å². The van der Waals surface area contributed by atoms with Crippen LogP contribution in [0, 0.1) is 0 Å². The second-order valence-corrected chi connectivity index (χ2v) is 2.37. The van der Waals surface area contributed by atoms with Crippen LogP contribution in [0.15, 0.2) is 24.7 Å². The van der Waals surface area contributed by atoms with Crippen molar-refractivity contribution in [1.29, 1.82) is 0 Å². The number of hydrogen-bond acceptors (Lipinski definition) is 4. The molecule has 12 heavy (non-hydrogen) atoms. The first-order chi connectivity index (χ1) is 5.88. The maximum absolute atomic E-state index is 3.81. The van der Waals surface area contributed by atoms with Crippen LogP contribution in [0.1, 0.15) is 0 Å². The van der Waals surface area contributed by atoms with Gasteiger partial charge in [0.15, 0.2) is 0 Å². The molecule has 5 nitrogen and oxygen atoms in total. The molecule has 0 spiro atoms. The maximum Gasteiger partial charge on any atom is 0.0898 e. The third-order valence-corrected chi connectivity index (χ3v) is 1.59. The minimum absolute atomic E-state index is 0.935. The van der Waals surface area contributed by atoms with Crippen LogP contribution in [0.5, 0.6) is 0 Å². The van der Waals surface area contributed by atoms with Crippen LogP contribution in [-0.2, 0) is 7.05 Å². The molecule has 0 saturated heterocycles. The summed E-state index contributed by atoms with van der Waals surface area (Å²) in [5.41, 5.74) is 1.91. The first-order valence-corrected chi connectivity index (χ1v) is 3.49. The van der Waals surface area contributed by atoms with Gasteiger partial charge in [-0.05, 0) is 6.07 Å². The van der Waals surface area contributed by atoms with E-state index in [2.05, 4.69) is 20.5 Å². The van der Waals surface area contributed by atoms with E-state index in [1.54, 1.807) is 23.3 Å². The monoisotopic (exact) mass is 161 g/mol. The maximum atomic E-state index is 3.81. The lowest BCUT2D eigenvalue weighted by Gasteiger charge is -1.96. The fraction of sp³-hybridized carbons (Fsp3) is 0.143. The van der Waals surface area contributed by atoms with E-state index in [9.17, 15) is 0 Å². The van der Waals surface area contributed by atoms with E-state index in [1.807, 2.05) is 13.1 Å². The van der Waals surface area contributed by atoms with E-state index >= 15 is 0 Å². The Labute approximate surface area is 69.1 Å². The molecule has 0 N–H and O–H groups in total. The summed E-state index contributed by atoms with van der Waals surface area (Å²) in [6.45, 7) is 0. The van der Waals surface area contributed by atoms with Gasteiger partial charge in [0.05, 0.1) is 24.3 Å². The molecule has 2 aromatic rings. The van der Waals surface area contributed by atoms with Gasteiger partial charge in [0, 0.05) is 12.6 Å². The van der Waals surface area contributed by atoms with Gasteiger partial charge in [-0.3, -0.25) is 0 Å². The molecule has 0 aromatic carbocycles. The number of nitrogens with zero attached hydrogens (tertiary/aromatic N) is 5. The van der Waals surface area contributed by atoms with Crippen LogP contribution in [0.25, 0.3) is 11.3 Å². The molecule has 2 aromatic heterocycles. The minimum atomic E-state index is 0.935. The lowest BCUT2D eigenvalue weighted by Crippen LogP contribution is -1.94. The number of aryl methyl sites for hydroxylation is 1. The minimum Gasteiger partial charge on any atom is -0.248 e. The van der Waals surface area contributed by atoms with E-state index < -0.39 is 0 Å². The first kappa shape index (κ1) is 6.90. The van der Waals surface area contributed by atoms with Crippen LogP contribution in [-0.4, -0.2) is 25.2 Å². The van der Waals surface area contributed by atoms with E-state index in [0.29, 0.717) is 0 Å². The smallest absolute Gasteiger partial charge is 0.0898 e. The Kier molecular flexibility index (Phi) is 1.55. The van der Waals surface area contributed by atoms with Crippen LogP contribution in [0.4, 0.5) is 0 Å². The zero-order valence-corrected chi connectivity index (χ0v) is 6.55. The largest absolute Gasteiger partial charge is 0.248 e. The highest BCUT2D eigenvalue weighted by atomic mass is 15.4. The van der Waals surface area contributed by atoms with Crippen molar-refractivity contribution in [2.45, 2.75) is 0 Å². The highest BCUT2D eigenvalue weighted by molar-refractivity contribution is 5.55. The summed E-state index contributed by atoms with van der Waals surface area (Å²) in [5, 5.41) is 15.0. The van der Waals surface area contributed by atoms with Crippen molar-refractivity contribution in [2.75, 3.05) is 0 Å². The normalized spacial score (nSPS) is 10.1. The molecule has 0 aliphatic carbocycles. The van der Waals surface area contributed by atoms with Crippen molar-refractivity contribution in [3.63, 3.8) is 0 Å². The average Bonchev–Trinajstić information content (AvgIpc) is 2.53. The Morgan fingerprint density at radius 2 is 2.08 bits per heavy atom. The summed E-state index contributed by atoms with van der Waals surface area (Å²) in [6.07, 6.45) is 5.01. The topological polar surface area (TPSA) is 56.5 Å². The summed E-state index contributed by atoms with van der Waals surface area (Å²) in [5.74, 6) is 0. The molecule has 2 rings (SSSR count). The second kappa shape index (κ2) is 2.69. The van der Waals surface area contributed by atoms with Gasteiger partial charge in [-0.25, -0.2) is 4.68 Å². The van der Waals surface area contributed by atoms with E-state index in [4.69, 9.17) is 0 Å². The fourth-order valence-corrected chi connectivity index (χ4v) is 0.993. The molecule has 0 atom stereocenters. The van der Waals surface area contributed by atoms with E-state index in [0.717, 1.165) is 11.3 Å². The van der Waals surface area contributed by atoms with Crippen molar-refractivity contribution < 1.29 is 0 Å². The molecule has 2 heterocycles. The molecule has 0 bridgehead atoms. The van der Waals surface area contributed by atoms with Crippen molar-refractivity contribution in [2.24, 2.45) is 7.05 Å². The van der Waals surface area contributed by atoms with Crippen LogP contribution in [0.3, 0.4) is 0 Å². The predicted molar refractivity (Wildman–Crippen MR) is 42.0 cm³/mol. The van der Waals surface area contributed by atoms with Crippen molar-refractivity contribution in [1.82, 2.24) is 25.2 Å². The second-order valence-electron chi connectivity index (χ2n) is 2.37. The Morgan fingerprint density at radius 3 is 2.67 bits per heavy atom. The average molecular weight is 161 g/mol. The van der Waals surface area contributed by atoms with E-state index in [-0.39, 0.29) is 0 Å². The summed E-state index contributed by atoms with van der Waals surface area (Å²) in [7, 11) is 1.84. The molecular formula is C7H7N5. The zero-order valence-electron chi connectivity index (χ0n) is 6.55. The van der Waals surface area contributed by atoms with Crippen LogP contribution in [0.2, 0.25) is 0 Å². The summed E-state index contributed by atoms with van der Waals surface area (Å²) in [6, 6.07) is 1.87. The van der Waals surface area contributed by atoms with Gasteiger partial charge in [0.2, 0.25) is 0 Å². The lowest BCUT2D eigenvalue weighted by atomic mass is 10.2. The van der Waals surface area contributed by atoms with E-state index in [1.165, 1.54) is 0 Å². The molecule has 0 radical (unpaired) electrons. The number of hydrogen-bond donors (Lipinski definition) is 0. The first-order valence-electron chi connectivity index (χ1n) is 3.49. The van der Waals surface area contributed by atoms with Crippen molar-refractivity contribution in [3.05, 3.63) is 24.7 Å². The Balaban J connectivity index is 2.51. The molecule has 5 heteroatoms. The van der Waals surface area contributed by atoms with Gasteiger partial charge >= 0.3 is 0 Å². The molecule has 0 amide bonds. The molecular weight excluding hydrogens is 154 g/mol. The molecule has 0 saturated carbocycles. The van der Waals surface area contributed by atoms with Gasteiger partial charge in [0.1, 0.15) is 0 Å². The highest BCUT2D eigenvalue weighted by Crippen LogP contribution is 2.13. The predicted octanol–water partition coefficient (Wildman–Crippen LogP) is 0.272. The highest BCUT2D eigenvalue weighted by Gasteiger charge is 2.01. The van der Waals surface area contributed by atoms with Gasteiger partial charge in [0.25, 0.3) is 0 Å². The zero-order chi connectivity index (χ0) is 8.39. The Morgan fingerprint density at radius 1 is 1.17 bits per heavy atom. The molecule has 0 aliphatic heterocycles. The van der Waals surface area contributed by atoms with Gasteiger partial charge < -0.3 is 0 Å². The van der Waals surface area contributed by atoms with Gasteiger partial charge in [-0.15, -0.1) is 5.10 Å². The fourth-order valence-electron chi connectivity index (χ4n) is 0.993. The molecule has 0 unspecified atom stereocenters. The van der Waals surface area contributed by atoms with Crippen LogP contribution >= 0.6 is 0 Å². The molecule has 0 fully saturated rings. The van der Waals surface area contributed by atoms with Gasteiger partial charge in [-0.1, -0.05) is 5.21 Å². The van der Waals surface area contributed by atoms with Gasteiger partial charge in [-0.2, -0.15) is 10.2 Å². The third-order valence-electron chi connectivity index (χ3n) is 1.59. The van der Waals surface area contributed by atoms with Crippen molar-refractivity contribution >= 4 is 0 Å². The van der Waals surface area contributed by atoms with Crippen molar-refractivity contribution in [3.8, 4) is 11.3 Å². The Hall–Kier alpha value is -1.78. The number of rotatable bonds is 1. The molecule has 60 valence electrons. The molecule has 0 aliphatic rings. The SMILES string of the molecule is Cn1nncc1-c1ccnnc1. The lowest BCUT2D eigenvalue weighted by molar-refractivity contribution is 0.720. The number of aromatic nitrogens is 5. The summed E-state index contributed by atoms with van der Waals surface area (Å²) in [4.78, 5) is 0. The quantitative estimate of drug-likeness (QED) is 0.602. The summed E-state index contributed by atoms with van der Waals surface area (Å²) < 4.78 is 1.69. The third kappa shape index (κ3) is 1.05. The summed E-state index contributed by atoms with van der Waals surface area (Å²) >= 11 is 0. The standard InChI is InChI=1S/C7H7N5/c1-12-7(5-10-11-12)6-2-3-8-9-4-6/h2-5H,1H3. The Bertz CT molecular complexity index is 366.